The van der Waals surface area contributed by atoms with Gasteiger partial charge in [-0.2, -0.15) is 0 Å². The Morgan fingerprint density at radius 1 is 1.15 bits per heavy atom. The molecule has 0 rings (SSSR count). The lowest BCUT2D eigenvalue weighted by atomic mass is 10.2. The van der Waals surface area contributed by atoms with E-state index in [1.165, 1.54) is 4.90 Å². The summed E-state index contributed by atoms with van der Waals surface area (Å²) in [4.78, 5) is 11.9. The minimum atomic E-state index is -1.16. The Hall–Kier alpha value is -0.690. The molecule has 0 bridgehead atoms. The SMILES string of the molecule is O=C(O)[C@H](CO)N(CCO)CCO. The van der Waals surface area contributed by atoms with E-state index in [9.17, 15) is 4.79 Å². The summed E-state index contributed by atoms with van der Waals surface area (Å²) in [6.45, 7) is -0.695. The van der Waals surface area contributed by atoms with Crippen molar-refractivity contribution in [2.45, 2.75) is 6.04 Å². The Morgan fingerprint density at radius 3 is 1.85 bits per heavy atom. The number of aliphatic hydroxyl groups is 3. The average Bonchev–Trinajstić information content (AvgIpc) is 2.05. The van der Waals surface area contributed by atoms with Gasteiger partial charge in [-0.05, 0) is 0 Å². The van der Waals surface area contributed by atoms with Gasteiger partial charge in [0.1, 0.15) is 6.04 Å². The number of aliphatic carboxylic acids is 1. The van der Waals surface area contributed by atoms with Gasteiger partial charge >= 0.3 is 5.97 Å². The number of hydrogen-bond acceptors (Lipinski definition) is 5. The summed E-state index contributed by atoms with van der Waals surface area (Å²) < 4.78 is 0. The standard InChI is InChI=1S/C7H15NO5/c9-3-1-8(2-4-10)6(5-11)7(12)13/h6,9-11H,1-5H2,(H,12,13)/t6-/m0/s1. The monoisotopic (exact) mass is 193 g/mol. The third-order valence-corrected chi connectivity index (χ3v) is 1.67. The molecule has 0 aliphatic carbocycles. The first kappa shape index (κ1) is 12.3. The molecule has 0 aliphatic rings. The molecule has 13 heavy (non-hydrogen) atoms. The number of carboxylic acid groups (broad SMARTS) is 1. The van der Waals surface area contributed by atoms with Gasteiger partial charge in [-0.1, -0.05) is 0 Å². The molecule has 0 unspecified atom stereocenters. The Morgan fingerprint density at radius 2 is 1.62 bits per heavy atom. The van der Waals surface area contributed by atoms with E-state index >= 15 is 0 Å². The van der Waals surface area contributed by atoms with Gasteiger partial charge in [0.15, 0.2) is 0 Å². The zero-order valence-corrected chi connectivity index (χ0v) is 7.26. The zero-order valence-electron chi connectivity index (χ0n) is 7.26. The van der Waals surface area contributed by atoms with Gasteiger partial charge in [0, 0.05) is 13.1 Å². The van der Waals surface area contributed by atoms with Gasteiger partial charge in [-0.25, -0.2) is 0 Å². The van der Waals surface area contributed by atoms with Crippen molar-refractivity contribution in [3.8, 4) is 0 Å². The van der Waals surface area contributed by atoms with Crippen LogP contribution in [-0.2, 0) is 4.79 Å². The van der Waals surface area contributed by atoms with Gasteiger partial charge in [0.05, 0.1) is 19.8 Å². The van der Waals surface area contributed by atoms with Crippen molar-refractivity contribution in [1.82, 2.24) is 4.90 Å². The molecule has 78 valence electrons. The van der Waals surface area contributed by atoms with Crippen molar-refractivity contribution in [2.24, 2.45) is 0 Å². The van der Waals surface area contributed by atoms with Gasteiger partial charge in [-0.15, -0.1) is 0 Å². The van der Waals surface area contributed by atoms with Crippen LogP contribution in [0.5, 0.6) is 0 Å². The minimum Gasteiger partial charge on any atom is -0.480 e. The van der Waals surface area contributed by atoms with E-state index in [0.717, 1.165) is 0 Å². The van der Waals surface area contributed by atoms with Crippen molar-refractivity contribution >= 4 is 5.97 Å². The molecule has 0 saturated heterocycles. The highest BCUT2D eigenvalue weighted by atomic mass is 16.4. The molecular formula is C7H15NO5. The highest BCUT2D eigenvalue weighted by Crippen LogP contribution is 1.98. The van der Waals surface area contributed by atoms with Crippen LogP contribution < -0.4 is 0 Å². The second kappa shape index (κ2) is 6.79. The topological polar surface area (TPSA) is 101 Å². The van der Waals surface area contributed by atoms with E-state index in [4.69, 9.17) is 20.4 Å². The number of nitrogens with zero attached hydrogens (tertiary/aromatic N) is 1. The second-order valence-corrected chi connectivity index (χ2v) is 2.52. The summed E-state index contributed by atoms with van der Waals surface area (Å²) in [6, 6.07) is -1.06. The maximum atomic E-state index is 10.6. The van der Waals surface area contributed by atoms with Gasteiger partial charge in [-0.3, -0.25) is 9.69 Å². The number of rotatable bonds is 7. The van der Waals surface area contributed by atoms with E-state index in [0.29, 0.717) is 0 Å². The minimum absolute atomic E-state index is 0.123. The normalized spacial score (nSPS) is 13.2. The van der Waals surface area contributed by atoms with Crippen LogP contribution >= 0.6 is 0 Å². The Kier molecular flexibility index (Phi) is 6.43. The molecule has 0 aromatic rings. The van der Waals surface area contributed by atoms with E-state index in [-0.39, 0.29) is 26.3 Å². The molecule has 1 atom stereocenters. The fourth-order valence-corrected chi connectivity index (χ4v) is 1.03. The molecule has 6 nitrogen and oxygen atoms in total. The molecular weight excluding hydrogens is 178 g/mol. The quantitative estimate of drug-likeness (QED) is 0.363. The highest BCUT2D eigenvalue weighted by molar-refractivity contribution is 5.73. The number of carboxylic acids is 1. The van der Waals surface area contributed by atoms with Crippen LogP contribution in [0.25, 0.3) is 0 Å². The molecule has 0 aromatic carbocycles. The smallest absolute Gasteiger partial charge is 0.323 e. The van der Waals surface area contributed by atoms with Crippen LogP contribution in [0.1, 0.15) is 0 Å². The summed E-state index contributed by atoms with van der Waals surface area (Å²) >= 11 is 0. The van der Waals surface area contributed by atoms with Crippen LogP contribution in [0.15, 0.2) is 0 Å². The average molecular weight is 193 g/mol. The van der Waals surface area contributed by atoms with Crippen LogP contribution in [0.3, 0.4) is 0 Å². The van der Waals surface area contributed by atoms with E-state index in [1.807, 2.05) is 0 Å². The maximum absolute atomic E-state index is 10.6. The summed E-state index contributed by atoms with van der Waals surface area (Å²) in [5.41, 5.74) is 0. The lowest BCUT2D eigenvalue weighted by Gasteiger charge is -2.25. The molecule has 0 amide bonds. The van der Waals surface area contributed by atoms with Gasteiger partial charge in [0.25, 0.3) is 0 Å². The summed E-state index contributed by atoms with van der Waals surface area (Å²) in [6.07, 6.45) is 0. The maximum Gasteiger partial charge on any atom is 0.323 e. The van der Waals surface area contributed by atoms with Crippen LogP contribution in [0.2, 0.25) is 0 Å². The van der Waals surface area contributed by atoms with Crippen molar-refractivity contribution in [2.75, 3.05) is 32.9 Å². The molecule has 0 spiro atoms. The molecule has 0 radical (unpaired) electrons. The lowest BCUT2D eigenvalue weighted by Crippen LogP contribution is -2.46. The van der Waals surface area contributed by atoms with Crippen molar-refractivity contribution in [3.05, 3.63) is 0 Å². The number of aliphatic hydroxyl groups excluding tert-OH is 3. The predicted molar refractivity (Wildman–Crippen MR) is 44.3 cm³/mol. The van der Waals surface area contributed by atoms with Crippen molar-refractivity contribution in [3.63, 3.8) is 0 Å². The summed E-state index contributed by atoms with van der Waals surface area (Å²) in [7, 11) is 0. The largest absolute Gasteiger partial charge is 0.480 e. The first-order valence-corrected chi connectivity index (χ1v) is 3.96. The Bertz CT molecular complexity index is 146. The van der Waals surface area contributed by atoms with E-state index < -0.39 is 18.6 Å². The predicted octanol–water partition coefficient (Wildman–Crippen LogP) is -2.28. The summed E-state index contributed by atoms with van der Waals surface area (Å²) in [5, 5.41) is 34.5. The number of carbonyl (C=O) groups is 1. The lowest BCUT2D eigenvalue weighted by molar-refractivity contribution is -0.145. The summed E-state index contributed by atoms with van der Waals surface area (Å²) in [5.74, 6) is -1.16. The highest BCUT2D eigenvalue weighted by Gasteiger charge is 2.23. The first-order chi connectivity index (χ1) is 6.17. The van der Waals surface area contributed by atoms with Crippen LogP contribution in [-0.4, -0.2) is 70.2 Å². The van der Waals surface area contributed by atoms with Crippen LogP contribution in [0.4, 0.5) is 0 Å². The molecule has 0 saturated carbocycles. The Labute approximate surface area is 76.0 Å². The third-order valence-electron chi connectivity index (χ3n) is 1.67. The molecule has 6 heteroatoms. The zero-order chi connectivity index (χ0) is 10.3. The Balaban J connectivity index is 4.20. The third kappa shape index (κ3) is 4.18. The number of hydrogen-bond donors (Lipinski definition) is 4. The van der Waals surface area contributed by atoms with Gasteiger partial charge < -0.3 is 20.4 Å². The van der Waals surface area contributed by atoms with E-state index in [2.05, 4.69) is 0 Å². The molecule has 0 heterocycles. The molecule has 4 N–H and O–H groups in total. The fourth-order valence-electron chi connectivity index (χ4n) is 1.03. The van der Waals surface area contributed by atoms with E-state index in [1.54, 1.807) is 0 Å². The molecule has 0 fully saturated rings. The molecule has 0 aromatic heterocycles. The van der Waals surface area contributed by atoms with Crippen LogP contribution in [0, 0.1) is 0 Å². The van der Waals surface area contributed by atoms with Crippen molar-refractivity contribution < 1.29 is 25.2 Å². The first-order valence-electron chi connectivity index (χ1n) is 3.96. The molecule has 0 aliphatic heterocycles. The van der Waals surface area contributed by atoms with Crippen molar-refractivity contribution in [1.29, 1.82) is 0 Å². The fraction of sp³-hybridized carbons (Fsp3) is 0.857. The van der Waals surface area contributed by atoms with Gasteiger partial charge in [0.2, 0.25) is 0 Å². The second-order valence-electron chi connectivity index (χ2n) is 2.52.